The van der Waals surface area contributed by atoms with Crippen LogP contribution in [-0.4, -0.2) is 37.1 Å². The fraction of sp³-hybridized carbons (Fsp3) is 0.200. The van der Waals surface area contributed by atoms with Gasteiger partial charge in [-0.2, -0.15) is 13.2 Å². The summed E-state index contributed by atoms with van der Waals surface area (Å²) in [5.41, 5.74) is 1.77. The number of hydrogen-bond acceptors (Lipinski definition) is 5. The van der Waals surface area contributed by atoms with Gasteiger partial charge in [-0.25, -0.2) is 4.98 Å². The van der Waals surface area contributed by atoms with E-state index in [0.717, 1.165) is 11.8 Å². The Morgan fingerprint density at radius 2 is 1.82 bits per heavy atom. The van der Waals surface area contributed by atoms with Crippen LogP contribution in [0.3, 0.4) is 0 Å². The maximum Gasteiger partial charge on any atom is 0.416 e. The van der Waals surface area contributed by atoms with Gasteiger partial charge in [0.1, 0.15) is 18.2 Å². The molecule has 5 rings (SSSR count). The number of alkyl halides is 3. The number of aromatic nitrogens is 1. The van der Waals surface area contributed by atoms with E-state index in [1.54, 1.807) is 18.3 Å². The molecule has 0 bridgehead atoms. The van der Waals surface area contributed by atoms with Crippen molar-refractivity contribution in [3.63, 3.8) is 0 Å². The van der Waals surface area contributed by atoms with Crippen molar-refractivity contribution >= 4 is 29.0 Å². The van der Waals surface area contributed by atoms with Crippen LogP contribution in [0.25, 0.3) is 11.1 Å². The molecule has 2 N–H and O–H groups in total. The van der Waals surface area contributed by atoms with Crippen molar-refractivity contribution in [2.45, 2.75) is 12.7 Å². The number of carbonyl (C=O) groups excluding carboxylic acids is 1. The van der Waals surface area contributed by atoms with Crippen LogP contribution in [-0.2, 0) is 12.7 Å². The second-order valence-electron chi connectivity index (χ2n) is 9.20. The Bertz CT molecular complexity index is 1500. The van der Waals surface area contributed by atoms with Crippen molar-refractivity contribution in [3.05, 3.63) is 107 Å². The molecular weight excluding hydrogens is 541 g/mol. The minimum absolute atomic E-state index is 0.00123. The largest absolute Gasteiger partial charge is 0.492 e. The van der Waals surface area contributed by atoms with Gasteiger partial charge in [-0.05, 0) is 53.6 Å². The van der Waals surface area contributed by atoms with Crippen molar-refractivity contribution in [1.29, 1.82) is 0 Å². The van der Waals surface area contributed by atoms with Crippen molar-refractivity contribution in [2.24, 2.45) is 0 Å². The van der Waals surface area contributed by atoms with Crippen molar-refractivity contribution in [3.8, 4) is 16.9 Å². The number of halogens is 4. The number of rotatable bonds is 8. The van der Waals surface area contributed by atoms with Gasteiger partial charge in [0.25, 0.3) is 5.91 Å². The molecule has 10 heteroatoms. The van der Waals surface area contributed by atoms with E-state index in [1.807, 2.05) is 53.4 Å². The Balaban J connectivity index is 1.37. The molecule has 4 aromatic rings. The highest BCUT2D eigenvalue weighted by atomic mass is 35.5. The van der Waals surface area contributed by atoms with Crippen LogP contribution in [0.1, 0.15) is 21.5 Å². The molecule has 0 radical (unpaired) electrons. The Hall–Kier alpha value is -4.24. The summed E-state index contributed by atoms with van der Waals surface area (Å²) in [7, 11) is 0. The van der Waals surface area contributed by atoms with E-state index >= 15 is 0 Å². The fourth-order valence-corrected chi connectivity index (χ4v) is 4.82. The Labute approximate surface area is 234 Å². The van der Waals surface area contributed by atoms with Crippen LogP contribution in [0.2, 0.25) is 5.02 Å². The first-order valence-electron chi connectivity index (χ1n) is 12.7. The Morgan fingerprint density at radius 1 is 1.05 bits per heavy atom. The van der Waals surface area contributed by atoms with E-state index in [2.05, 4.69) is 15.6 Å². The summed E-state index contributed by atoms with van der Waals surface area (Å²) in [5, 5.41) is 6.32. The first-order chi connectivity index (χ1) is 19.3. The van der Waals surface area contributed by atoms with Gasteiger partial charge in [0.2, 0.25) is 0 Å². The first-order valence-corrected chi connectivity index (χ1v) is 13.1. The number of amides is 1. The smallest absolute Gasteiger partial charge is 0.416 e. The average Bonchev–Trinajstić information content (AvgIpc) is 2.95. The van der Waals surface area contributed by atoms with Crippen LogP contribution < -0.4 is 20.3 Å². The molecule has 0 atom stereocenters. The third-order valence-corrected chi connectivity index (χ3v) is 6.73. The maximum atomic E-state index is 13.7. The van der Waals surface area contributed by atoms with Gasteiger partial charge in [-0.15, -0.1) is 0 Å². The molecule has 1 aromatic heterocycles. The second-order valence-corrected chi connectivity index (χ2v) is 9.64. The lowest BCUT2D eigenvalue weighted by Gasteiger charge is -2.32. The van der Waals surface area contributed by atoms with E-state index in [9.17, 15) is 18.0 Å². The zero-order valence-corrected chi connectivity index (χ0v) is 22.1. The number of benzene rings is 3. The third-order valence-electron chi connectivity index (χ3n) is 6.50. The van der Waals surface area contributed by atoms with Gasteiger partial charge < -0.3 is 20.3 Å². The predicted octanol–water partition coefficient (Wildman–Crippen LogP) is 6.66. The highest BCUT2D eigenvalue weighted by Crippen LogP contribution is 2.37. The van der Waals surface area contributed by atoms with Crippen LogP contribution in [0.5, 0.6) is 5.75 Å². The summed E-state index contributed by atoms with van der Waals surface area (Å²) in [4.78, 5) is 19.5. The number of carbonyl (C=O) groups is 1. The summed E-state index contributed by atoms with van der Waals surface area (Å²) in [6.07, 6.45) is -2.85. The van der Waals surface area contributed by atoms with Gasteiger partial charge >= 0.3 is 6.18 Å². The first kappa shape index (κ1) is 27.3. The van der Waals surface area contributed by atoms with Crippen molar-refractivity contribution < 1.29 is 22.7 Å². The molecule has 0 saturated heterocycles. The number of nitrogens with one attached hydrogen (secondary N) is 2. The van der Waals surface area contributed by atoms with Gasteiger partial charge in [-0.3, -0.25) is 4.79 Å². The predicted molar refractivity (Wildman–Crippen MR) is 150 cm³/mol. The normalized spacial score (nSPS) is 12.8. The van der Waals surface area contributed by atoms with Gasteiger partial charge in [0.05, 0.1) is 17.8 Å². The molecular formula is C30H26ClF3N4O2. The molecule has 0 unspecified atom stereocenters. The molecule has 0 saturated carbocycles. The molecule has 3 aromatic carbocycles. The van der Waals surface area contributed by atoms with Gasteiger partial charge in [0.15, 0.2) is 0 Å². The standard InChI is InChI=1S/C30H26ClF3N4O2/c31-22-10-11-26(30(32,33)34)21(16-22)19-38-14-12-35-28-27(38)17-20(18-37-28)24-8-4-5-9-25(24)29(39)36-13-15-40-23-6-2-1-3-7-23/h1-11,16-18H,12-15,19H2,(H,35,37)(H,36,39). The second kappa shape index (κ2) is 11.9. The summed E-state index contributed by atoms with van der Waals surface area (Å²) < 4.78 is 46.8. The van der Waals surface area contributed by atoms with Crippen LogP contribution in [0.4, 0.5) is 24.7 Å². The number of nitrogens with zero attached hydrogens (tertiary/aromatic N) is 2. The average molecular weight is 567 g/mol. The zero-order chi connectivity index (χ0) is 28.1. The van der Waals surface area contributed by atoms with E-state index in [1.165, 1.54) is 12.1 Å². The number of fused-ring (bicyclic) bond motifs is 1. The molecule has 2 heterocycles. The number of anilines is 2. The van der Waals surface area contributed by atoms with E-state index in [-0.39, 0.29) is 23.0 Å². The van der Waals surface area contributed by atoms with Crippen LogP contribution in [0, 0.1) is 0 Å². The highest BCUT2D eigenvalue weighted by Gasteiger charge is 2.34. The lowest BCUT2D eigenvalue weighted by molar-refractivity contribution is -0.138. The topological polar surface area (TPSA) is 66.5 Å². The zero-order valence-electron chi connectivity index (χ0n) is 21.3. The highest BCUT2D eigenvalue weighted by molar-refractivity contribution is 6.30. The molecule has 0 aliphatic carbocycles. The number of pyridine rings is 1. The summed E-state index contributed by atoms with van der Waals surface area (Å²) in [6.45, 7) is 1.60. The van der Waals surface area contributed by atoms with Gasteiger partial charge in [-0.1, -0.05) is 48.0 Å². The molecule has 1 aliphatic heterocycles. The Morgan fingerprint density at radius 3 is 2.62 bits per heavy atom. The summed E-state index contributed by atoms with van der Waals surface area (Å²) >= 11 is 6.06. The fourth-order valence-electron chi connectivity index (χ4n) is 4.63. The van der Waals surface area contributed by atoms with E-state index in [0.29, 0.717) is 54.4 Å². The lowest BCUT2D eigenvalue weighted by Crippen LogP contribution is -2.34. The van der Waals surface area contributed by atoms with Crippen LogP contribution in [0.15, 0.2) is 85.1 Å². The van der Waals surface area contributed by atoms with Gasteiger partial charge in [0, 0.05) is 42.0 Å². The van der Waals surface area contributed by atoms with Crippen molar-refractivity contribution in [2.75, 3.05) is 36.5 Å². The quantitative estimate of drug-likeness (QED) is 0.233. The summed E-state index contributed by atoms with van der Waals surface area (Å²) in [5.74, 6) is 1.01. The lowest BCUT2D eigenvalue weighted by atomic mass is 9.99. The number of para-hydroxylation sites is 1. The number of ether oxygens (including phenoxy) is 1. The van der Waals surface area contributed by atoms with E-state index < -0.39 is 11.7 Å². The monoisotopic (exact) mass is 566 g/mol. The molecule has 6 nitrogen and oxygen atoms in total. The van der Waals surface area contributed by atoms with E-state index in [4.69, 9.17) is 16.3 Å². The molecule has 40 heavy (non-hydrogen) atoms. The number of hydrogen-bond donors (Lipinski definition) is 2. The van der Waals surface area contributed by atoms with Crippen LogP contribution >= 0.6 is 11.6 Å². The molecule has 0 spiro atoms. The maximum absolute atomic E-state index is 13.7. The SMILES string of the molecule is O=C(NCCOc1ccccc1)c1ccccc1-c1cnc2c(c1)N(Cc1cc(Cl)ccc1C(F)(F)F)CCN2. The third kappa shape index (κ3) is 6.31. The molecule has 1 amide bonds. The minimum atomic E-state index is -4.50. The minimum Gasteiger partial charge on any atom is -0.492 e. The molecule has 1 aliphatic rings. The summed E-state index contributed by atoms with van der Waals surface area (Å²) in [6, 6.07) is 21.9. The Kier molecular flexibility index (Phi) is 8.11. The molecule has 206 valence electrons. The van der Waals surface area contributed by atoms with Crippen molar-refractivity contribution in [1.82, 2.24) is 10.3 Å². The molecule has 0 fully saturated rings.